The highest BCUT2D eigenvalue weighted by Gasteiger charge is 2.26. The second kappa shape index (κ2) is 4.10. The summed E-state index contributed by atoms with van der Waals surface area (Å²) < 4.78 is 0. The Labute approximate surface area is 83.6 Å². The van der Waals surface area contributed by atoms with E-state index in [0.29, 0.717) is 5.04 Å². The predicted molar refractivity (Wildman–Crippen MR) is 62.0 cm³/mol. The molecule has 13 heavy (non-hydrogen) atoms. The van der Waals surface area contributed by atoms with Crippen LogP contribution in [0, 0.1) is 0 Å². The summed E-state index contributed by atoms with van der Waals surface area (Å²) in [4.78, 5) is 0. The van der Waals surface area contributed by atoms with E-state index in [4.69, 9.17) is 0 Å². The van der Waals surface area contributed by atoms with E-state index in [1.165, 1.54) is 6.42 Å². The van der Waals surface area contributed by atoms with Gasteiger partial charge >= 0.3 is 0 Å². The monoisotopic (exact) mass is 191 g/mol. The molecule has 0 spiro atoms. The number of rotatable bonds is 3. The summed E-state index contributed by atoms with van der Waals surface area (Å²) in [5.41, 5.74) is 0. The van der Waals surface area contributed by atoms with E-state index >= 15 is 0 Å². The van der Waals surface area contributed by atoms with Gasteiger partial charge in [-0.3, -0.25) is 0 Å². The summed E-state index contributed by atoms with van der Waals surface area (Å²) >= 11 is 0. The lowest BCUT2D eigenvalue weighted by Crippen LogP contribution is -2.36. The minimum Gasteiger partial charge on any atom is -0.0665 e. The van der Waals surface area contributed by atoms with Crippen LogP contribution < -0.4 is 5.19 Å². The van der Waals surface area contributed by atoms with Gasteiger partial charge in [0.15, 0.2) is 0 Å². The molecule has 1 heteroatoms. The van der Waals surface area contributed by atoms with Gasteiger partial charge in [-0.15, -0.1) is 0 Å². The van der Waals surface area contributed by atoms with E-state index in [-0.39, 0.29) is 0 Å². The molecular weight excluding hydrogens is 172 g/mol. The van der Waals surface area contributed by atoms with E-state index in [0.717, 1.165) is 0 Å². The number of benzene rings is 1. The van der Waals surface area contributed by atoms with Gasteiger partial charge in [-0.2, -0.15) is 0 Å². The van der Waals surface area contributed by atoms with Crippen molar-refractivity contribution >= 4 is 14.0 Å². The van der Waals surface area contributed by atoms with Crippen LogP contribution in [0.4, 0.5) is 0 Å². The molecule has 0 fully saturated rings. The van der Waals surface area contributed by atoms with Crippen molar-refractivity contribution in [3.8, 4) is 0 Å². The normalized spacial score (nSPS) is 12.1. The van der Waals surface area contributed by atoms with E-state index in [9.17, 15) is 0 Å². The number of hydrogen-bond acceptors (Lipinski definition) is 0. The summed E-state index contributed by atoms with van der Waals surface area (Å²) in [7, 11) is -0.394. The zero-order valence-electron chi connectivity index (χ0n) is 9.09. The van der Waals surface area contributed by atoms with Crippen LogP contribution in [0.3, 0.4) is 0 Å². The average molecular weight is 191 g/mol. The summed E-state index contributed by atoms with van der Waals surface area (Å²) in [6.45, 7) is 9.48. The Balaban J connectivity index is 2.85. The first-order valence-corrected chi connectivity index (χ1v) is 6.97. The molecule has 0 heterocycles. The van der Waals surface area contributed by atoms with Gasteiger partial charge in [0.25, 0.3) is 0 Å². The van der Waals surface area contributed by atoms with Crippen LogP contribution in [0.1, 0.15) is 27.2 Å². The predicted octanol–water partition coefficient (Wildman–Crippen LogP) is 3.21. The molecule has 1 aromatic carbocycles. The maximum atomic E-state index is 2.42. The largest absolute Gasteiger partial charge is 0.0883 e. The smallest absolute Gasteiger partial charge is 0.0665 e. The molecule has 0 atom stereocenters. The number of hydrogen-bond donors (Lipinski definition) is 0. The van der Waals surface area contributed by atoms with Gasteiger partial charge in [-0.1, -0.05) is 69.3 Å². The average Bonchev–Trinajstić information content (AvgIpc) is 2.18. The molecule has 0 bridgehead atoms. The Kier molecular flexibility index (Phi) is 3.31. The van der Waals surface area contributed by atoms with Crippen molar-refractivity contribution in [2.45, 2.75) is 38.8 Å². The zero-order valence-corrected chi connectivity index (χ0v) is 10.1. The van der Waals surface area contributed by atoms with Crippen molar-refractivity contribution in [2.24, 2.45) is 0 Å². The molecule has 0 saturated heterocycles. The Morgan fingerprint density at radius 2 is 1.69 bits per heavy atom. The summed E-state index contributed by atoms with van der Waals surface area (Å²) in [5, 5.41) is 2.06. The first-order chi connectivity index (χ1) is 6.08. The second-order valence-corrected chi connectivity index (χ2v) is 7.41. The van der Waals surface area contributed by atoms with E-state index in [1.807, 2.05) is 0 Å². The van der Waals surface area contributed by atoms with Crippen LogP contribution >= 0.6 is 0 Å². The van der Waals surface area contributed by atoms with Crippen molar-refractivity contribution in [3.63, 3.8) is 0 Å². The van der Waals surface area contributed by atoms with Gasteiger partial charge in [-0.25, -0.2) is 0 Å². The fourth-order valence-corrected chi connectivity index (χ4v) is 3.35. The lowest BCUT2D eigenvalue weighted by molar-refractivity contribution is 0.638. The molecule has 0 aliphatic rings. The fourth-order valence-electron chi connectivity index (χ4n) is 1.34. The highest BCUT2D eigenvalue weighted by atomic mass is 28.3. The lowest BCUT2D eigenvalue weighted by atomic mass is 10.1. The maximum Gasteiger partial charge on any atom is 0.0883 e. The summed E-state index contributed by atoms with van der Waals surface area (Å²) in [6, 6.07) is 10.9. The molecule has 0 amide bonds. The van der Waals surface area contributed by atoms with E-state index < -0.39 is 8.80 Å². The minimum absolute atomic E-state index is 0.394. The minimum atomic E-state index is -0.394. The van der Waals surface area contributed by atoms with Gasteiger partial charge in [0.05, 0.1) is 8.80 Å². The standard InChI is InChI=1S/C12H19Si/c1-5-12(2,3)13(4)11-9-7-6-8-10-11/h6-10H,5H2,1-4H3. The summed E-state index contributed by atoms with van der Waals surface area (Å²) in [6.07, 6.45) is 1.27. The van der Waals surface area contributed by atoms with Crippen molar-refractivity contribution in [3.05, 3.63) is 30.3 Å². The molecule has 0 nitrogen and oxygen atoms in total. The maximum absolute atomic E-state index is 2.42. The molecule has 0 aliphatic carbocycles. The molecule has 71 valence electrons. The van der Waals surface area contributed by atoms with Crippen molar-refractivity contribution in [1.82, 2.24) is 0 Å². The molecule has 0 aliphatic heterocycles. The van der Waals surface area contributed by atoms with Crippen LogP contribution in [-0.2, 0) is 0 Å². The Morgan fingerprint density at radius 1 is 1.15 bits per heavy atom. The van der Waals surface area contributed by atoms with E-state index in [2.05, 4.69) is 57.7 Å². The first kappa shape index (κ1) is 10.5. The molecule has 0 N–H and O–H groups in total. The molecule has 1 radical (unpaired) electrons. The van der Waals surface area contributed by atoms with Gasteiger partial charge < -0.3 is 0 Å². The van der Waals surface area contributed by atoms with Gasteiger partial charge in [-0.05, 0) is 5.04 Å². The van der Waals surface area contributed by atoms with Gasteiger partial charge in [0.2, 0.25) is 0 Å². The van der Waals surface area contributed by atoms with E-state index in [1.54, 1.807) is 5.19 Å². The van der Waals surface area contributed by atoms with Crippen molar-refractivity contribution < 1.29 is 0 Å². The van der Waals surface area contributed by atoms with Crippen LogP contribution in [0.5, 0.6) is 0 Å². The third kappa shape index (κ3) is 2.44. The quantitative estimate of drug-likeness (QED) is 0.644. The SMILES string of the molecule is CCC(C)(C)[Si](C)c1ccccc1. The summed E-state index contributed by atoms with van der Waals surface area (Å²) in [5.74, 6) is 0. The van der Waals surface area contributed by atoms with Crippen LogP contribution in [0.15, 0.2) is 30.3 Å². The van der Waals surface area contributed by atoms with Crippen LogP contribution in [0.25, 0.3) is 0 Å². The van der Waals surface area contributed by atoms with Crippen molar-refractivity contribution in [2.75, 3.05) is 0 Å². The zero-order chi connectivity index (χ0) is 9.90. The van der Waals surface area contributed by atoms with Crippen LogP contribution in [0.2, 0.25) is 11.6 Å². The highest BCUT2D eigenvalue weighted by Crippen LogP contribution is 2.31. The molecular formula is C12H19Si. The van der Waals surface area contributed by atoms with Gasteiger partial charge in [0, 0.05) is 0 Å². The Hall–Kier alpha value is -0.563. The van der Waals surface area contributed by atoms with Crippen LogP contribution in [-0.4, -0.2) is 8.80 Å². The Morgan fingerprint density at radius 3 is 2.15 bits per heavy atom. The second-order valence-electron chi connectivity index (χ2n) is 4.23. The molecule has 1 rings (SSSR count). The third-order valence-electron chi connectivity index (χ3n) is 3.11. The molecule has 1 aromatic rings. The highest BCUT2D eigenvalue weighted by molar-refractivity contribution is 6.74. The fraction of sp³-hybridized carbons (Fsp3) is 0.500. The third-order valence-corrected chi connectivity index (χ3v) is 6.69. The van der Waals surface area contributed by atoms with Gasteiger partial charge in [0.1, 0.15) is 0 Å². The first-order valence-electron chi connectivity index (χ1n) is 4.97. The topological polar surface area (TPSA) is 0 Å². The lowest BCUT2D eigenvalue weighted by Gasteiger charge is -2.29. The molecule has 0 unspecified atom stereocenters. The molecule has 0 saturated carbocycles. The molecule has 0 aromatic heterocycles. The van der Waals surface area contributed by atoms with Crippen molar-refractivity contribution in [1.29, 1.82) is 0 Å². The Bertz CT molecular complexity index is 251.